The summed E-state index contributed by atoms with van der Waals surface area (Å²) >= 11 is 1.63. The zero-order valence-electron chi connectivity index (χ0n) is 14.9. The van der Waals surface area contributed by atoms with Gasteiger partial charge in [0.1, 0.15) is 11.0 Å². The molecule has 5 rings (SSSR count). The molecule has 0 saturated carbocycles. The first-order valence-electron chi connectivity index (χ1n) is 9.07. The Balaban J connectivity index is 1.75. The van der Waals surface area contributed by atoms with E-state index in [2.05, 4.69) is 44.9 Å². The van der Waals surface area contributed by atoms with Crippen LogP contribution < -0.4 is 10.6 Å². The molecule has 2 aromatic heterocycles. The molecule has 0 unspecified atom stereocenters. The number of benzene rings is 2. The third-order valence-electron chi connectivity index (χ3n) is 5.06. The number of anilines is 2. The summed E-state index contributed by atoms with van der Waals surface area (Å²) in [5.74, 6) is 0.0747. The maximum Gasteiger partial charge on any atom is 0.219 e. The number of para-hydroxylation sites is 1. The number of nitrogens with zero attached hydrogens (tertiary/aromatic N) is 2. The first-order valence-corrected chi connectivity index (χ1v) is 9.95. The van der Waals surface area contributed by atoms with Crippen LogP contribution >= 0.6 is 11.3 Å². The van der Waals surface area contributed by atoms with Crippen molar-refractivity contribution in [2.24, 2.45) is 0 Å². The molecule has 0 atom stereocenters. The lowest BCUT2D eigenvalue weighted by atomic mass is 9.91. The Labute approximate surface area is 160 Å². The fourth-order valence-corrected chi connectivity index (χ4v) is 4.67. The van der Waals surface area contributed by atoms with Crippen LogP contribution in [-0.2, 0) is 11.2 Å². The van der Waals surface area contributed by atoms with Crippen molar-refractivity contribution >= 4 is 49.7 Å². The highest BCUT2D eigenvalue weighted by Gasteiger charge is 2.24. The van der Waals surface area contributed by atoms with Crippen LogP contribution in [0.15, 0.2) is 42.0 Å². The number of hydrogen-bond acceptors (Lipinski definition) is 5. The van der Waals surface area contributed by atoms with Crippen LogP contribution in [0.25, 0.3) is 32.2 Å². The van der Waals surface area contributed by atoms with E-state index in [1.54, 1.807) is 11.3 Å². The van der Waals surface area contributed by atoms with Gasteiger partial charge in [-0.05, 0) is 29.7 Å². The monoisotopic (exact) mass is 374 g/mol. The molecule has 0 fully saturated rings. The zero-order chi connectivity index (χ0) is 18.4. The lowest BCUT2D eigenvalue weighted by molar-refractivity contribution is -0.120. The van der Waals surface area contributed by atoms with Gasteiger partial charge >= 0.3 is 0 Å². The van der Waals surface area contributed by atoms with Crippen molar-refractivity contribution < 1.29 is 4.79 Å². The van der Waals surface area contributed by atoms with Gasteiger partial charge in [0.25, 0.3) is 0 Å². The molecule has 1 amide bonds. The van der Waals surface area contributed by atoms with E-state index in [1.165, 1.54) is 16.7 Å². The van der Waals surface area contributed by atoms with Crippen molar-refractivity contribution in [2.75, 3.05) is 11.9 Å². The second-order valence-corrected chi connectivity index (χ2v) is 7.44. The summed E-state index contributed by atoms with van der Waals surface area (Å²) in [5.41, 5.74) is 9.49. The summed E-state index contributed by atoms with van der Waals surface area (Å²) in [7, 11) is 0. The van der Waals surface area contributed by atoms with Crippen molar-refractivity contribution in [1.82, 2.24) is 15.3 Å². The van der Waals surface area contributed by atoms with Gasteiger partial charge in [0.15, 0.2) is 0 Å². The molecule has 27 heavy (non-hydrogen) atoms. The van der Waals surface area contributed by atoms with Crippen LogP contribution in [0, 0.1) is 0 Å². The Kier molecular flexibility index (Phi) is 3.79. The second-order valence-electron chi connectivity index (χ2n) is 6.59. The molecular formula is C21H18N4OS. The maximum atomic E-state index is 11.7. The predicted octanol–water partition coefficient (Wildman–Crippen LogP) is 4.64. The Morgan fingerprint density at radius 3 is 2.93 bits per heavy atom. The van der Waals surface area contributed by atoms with Crippen molar-refractivity contribution in [1.29, 1.82) is 0 Å². The molecule has 134 valence electrons. The van der Waals surface area contributed by atoms with Gasteiger partial charge in [0, 0.05) is 35.8 Å². The lowest BCUT2D eigenvalue weighted by Gasteiger charge is -2.25. The molecule has 1 aliphatic heterocycles. The van der Waals surface area contributed by atoms with Gasteiger partial charge in [-0.2, -0.15) is 0 Å². The second kappa shape index (κ2) is 6.32. The van der Waals surface area contributed by atoms with Crippen molar-refractivity contribution in [3.8, 4) is 11.1 Å². The first kappa shape index (κ1) is 16.2. The molecule has 0 radical (unpaired) electrons. The first-order chi connectivity index (χ1) is 13.3. The number of hydrogen-bond donors (Lipinski definition) is 2. The number of amides is 1. The molecule has 6 heteroatoms. The smallest absolute Gasteiger partial charge is 0.219 e. The quantitative estimate of drug-likeness (QED) is 0.481. The van der Waals surface area contributed by atoms with Gasteiger partial charge < -0.3 is 10.6 Å². The third-order valence-corrected chi connectivity index (χ3v) is 5.95. The number of carbonyl (C=O) groups is 1. The molecule has 2 N–H and O–H groups in total. The zero-order valence-corrected chi connectivity index (χ0v) is 15.7. The highest BCUT2D eigenvalue weighted by atomic mass is 32.1. The molecule has 0 spiro atoms. The predicted molar refractivity (Wildman–Crippen MR) is 111 cm³/mol. The largest absolute Gasteiger partial charge is 0.356 e. The van der Waals surface area contributed by atoms with Gasteiger partial charge in [-0.3, -0.25) is 9.78 Å². The summed E-state index contributed by atoms with van der Waals surface area (Å²) in [6.45, 7) is 2.48. The van der Waals surface area contributed by atoms with E-state index in [0.29, 0.717) is 13.0 Å². The minimum Gasteiger partial charge on any atom is -0.356 e. The number of nitrogens with one attached hydrogen (secondary N) is 2. The van der Waals surface area contributed by atoms with Crippen molar-refractivity contribution in [2.45, 2.75) is 19.8 Å². The van der Waals surface area contributed by atoms with Crippen LogP contribution in [-0.4, -0.2) is 22.4 Å². The van der Waals surface area contributed by atoms with E-state index >= 15 is 0 Å². The van der Waals surface area contributed by atoms with E-state index in [0.717, 1.165) is 38.9 Å². The fraction of sp³-hybridized carbons (Fsp3) is 0.190. The third kappa shape index (κ3) is 2.48. The maximum absolute atomic E-state index is 11.7. The number of aromatic nitrogens is 2. The fourth-order valence-electron chi connectivity index (χ4n) is 3.80. The Morgan fingerprint density at radius 1 is 1.15 bits per heavy atom. The number of fused-ring (bicyclic) bond motifs is 4. The average Bonchev–Trinajstić information content (AvgIpc) is 3.20. The lowest BCUT2D eigenvalue weighted by Crippen LogP contribution is -2.24. The van der Waals surface area contributed by atoms with Crippen molar-refractivity contribution in [3.63, 3.8) is 0 Å². The van der Waals surface area contributed by atoms with Crippen LogP contribution in [0.1, 0.15) is 18.9 Å². The Morgan fingerprint density at radius 2 is 2.04 bits per heavy atom. The van der Waals surface area contributed by atoms with E-state index in [9.17, 15) is 4.79 Å². The molecular weight excluding hydrogens is 356 g/mol. The van der Waals surface area contributed by atoms with E-state index < -0.39 is 0 Å². The van der Waals surface area contributed by atoms with E-state index in [-0.39, 0.29) is 5.91 Å². The molecule has 0 aliphatic carbocycles. The molecule has 0 bridgehead atoms. The normalized spacial score (nSPS) is 12.0. The van der Waals surface area contributed by atoms with E-state index in [4.69, 9.17) is 0 Å². The van der Waals surface area contributed by atoms with Gasteiger partial charge in [-0.15, -0.1) is 11.3 Å². The standard InChI is InChI=1S/C21H18N4OS/c1-2-16(26)22-9-8-14-18-17-13(12-5-3-4-6-15(12)25-18)7-10-23-19(17)20-21(14)27-11-24-20/h3-7,10-11,25H,2,8-9H2,1H3,(H,22,26). The summed E-state index contributed by atoms with van der Waals surface area (Å²) in [5, 5.41) is 7.74. The highest BCUT2D eigenvalue weighted by Crippen LogP contribution is 2.47. The van der Waals surface area contributed by atoms with Crippen LogP contribution in [0.5, 0.6) is 0 Å². The van der Waals surface area contributed by atoms with Gasteiger partial charge in [-0.1, -0.05) is 25.1 Å². The van der Waals surface area contributed by atoms with Crippen LogP contribution in [0.3, 0.4) is 0 Å². The Hall–Kier alpha value is -2.99. The molecule has 3 heterocycles. The summed E-state index contributed by atoms with van der Waals surface area (Å²) in [4.78, 5) is 20.9. The molecule has 4 aromatic rings. The average molecular weight is 374 g/mol. The molecule has 2 aromatic carbocycles. The SMILES string of the molecule is CCC(=O)NCCc1c2c3c(ccnc3c3ncsc13)-c1ccccc1N2. The van der Waals surface area contributed by atoms with Gasteiger partial charge in [0.05, 0.1) is 15.9 Å². The van der Waals surface area contributed by atoms with E-state index in [1.807, 2.05) is 24.7 Å². The number of thiazole rings is 1. The molecule has 1 aliphatic rings. The minimum atomic E-state index is 0.0747. The van der Waals surface area contributed by atoms with Gasteiger partial charge in [0.2, 0.25) is 5.91 Å². The number of carbonyl (C=O) groups excluding carboxylic acids is 1. The molecule has 0 saturated heterocycles. The topological polar surface area (TPSA) is 66.9 Å². The van der Waals surface area contributed by atoms with Crippen LogP contribution in [0.2, 0.25) is 0 Å². The van der Waals surface area contributed by atoms with Crippen LogP contribution in [0.4, 0.5) is 11.4 Å². The summed E-state index contributed by atoms with van der Waals surface area (Å²) in [6.07, 6.45) is 3.11. The van der Waals surface area contributed by atoms with Gasteiger partial charge in [-0.25, -0.2) is 4.98 Å². The number of pyridine rings is 1. The molecule has 5 nitrogen and oxygen atoms in total. The highest BCUT2D eigenvalue weighted by molar-refractivity contribution is 7.17. The van der Waals surface area contributed by atoms with Crippen molar-refractivity contribution in [3.05, 3.63) is 47.6 Å². The minimum absolute atomic E-state index is 0.0747. The number of rotatable bonds is 4. The summed E-state index contributed by atoms with van der Waals surface area (Å²) < 4.78 is 1.14. The Bertz CT molecular complexity index is 1200. The summed E-state index contributed by atoms with van der Waals surface area (Å²) in [6, 6.07) is 10.4.